The monoisotopic (exact) mass is 454 g/mol. The van der Waals surface area contributed by atoms with Crippen LogP contribution in [0.4, 0.5) is 0 Å². The van der Waals surface area contributed by atoms with Crippen LogP contribution in [-0.4, -0.2) is 24.6 Å². The van der Waals surface area contributed by atoms with Gasteiger partial charge in [-0.05, 0) is 25.2 Å². The highest BCUT2D eigenvalue weighted by molar-refractivity contribution is 5.72. The highest BCUT2D eigenvalue weighted by atomic mass is 16.5. The molecule has 0 heterocycles. The van der Waals surface area contributed by atoms with Gasteiger partial charge in [-0.25, -0.2) is 0 Å². The van der Waals surface area contributed by atoms with Gasteiger partial charge in [-0.3, -0.25) is 9.59 Å². The Morgan fingerprint density at radius 1 is 0.625 bits per heavy atom. The lowest BCUT2D eigenvalue weighted by molar-refractivity contribution is -0.153. The second-order valence-electron chi connectivity index (χ2n) is 10.5. The van der Waals surface area contributed by atoms with E-state index in [1.165, 1.54) is 83.5 Å². The number of esters is 2. The molecule has 0 saturated carbocycles. The minimum atomic E-state index is -0.234. The predicted octanol–water partition coefficient (Wildman–Crippen LogP) is 8.55. The van der Waals surface area contributed by atoms with Crippen molar-refractivity contribution >= 4 is 11.9 Å². The molecule has 0 bridgehead atoms. The van der Waals surface area contributed by atoms with Gasteiger partial charge in [-0.15, -0.1) is 0 Å². The minimum Gasteiger partial charge on any atom is -0.466 e. The second-order valence-corrected chi connectivity index (χ2v) is 10.5. The van der Waals surface area contributed by atoms with Gasteiger partial charge in [-0.1, -0.05) is 118 Å². The van der Waals surface area contributed by atoms with Gasteiger partial charge in [0, 0.05) is 12.8 Å². The number of carbonyl (C=O) groups is 2. The molecule has 4 nitrogen and oxygen atoms in total. The fourth-order valence-corrected chi connectivity index (χ4v) is 3.54. The first-order valence-electron chi connectivity index (χ1n) is 13.6. The number of hydrogen-bond donors (Lipinski definition) is 0. The summed E-state index contributed by atoms with van der Waals surface area (Å²) in [6.07, 6.45) is 20.8. The van der Waals surface area contributed by atoms with Crippen molar-refractivity contribution in [1.29, 1.82) is 0 Å². The highest BCUT2D eigenvalue weighted by Crippen LogP contribution is 2.22. The first-order valence-corrected chi connectivity index (χ1v) is 13.6. The highest BCUT2D eigenvalue weighted by Gasteiger charge is 2.23. The molecule has 0 radical (unpaired) electrons. The molecular formula is C28H54O4. The maximum atomic E-state index is 11.8. The molecule has 0 aromatic rings. The third-order valence-electron chi connectivity index (χ3n) is 6.30. The fourth-order valence-electron chi connectivity index (χ4n) is 3.54. The van der Waals surface area contributed by atoms with Crippen LogP contribution in [0.5, 0.6) is 0 Å². The minimum absolute atomic E-state index is 0.0676. The van der Waals surface area contributed by atoms with Gasteiger partial charge in [0.25, 0.3) is 0 Å². The SMILES string of the molecule is CCCCCCCCCCCCCCCCCOC(=O)CCCC(=O)OC(C)C(C)(C)C. The molecule has 1 atom stereocenters. The van der Waals surface area contributed by atoms with Crippen LogP contribution in [-0.2, 0) is 19.1 Å². The second kappa shape index (κ2) is 20.5. The zero-order valence-corrected chi connectivity index (χ0v) is 22.1. The van der Waals surface area contributed by atoms with Gasteiger partial charge >= 0.3 is 11.9 Å². The standard InChI is InChI=1S/C28H54O4/c1-6-7-8-9-10-11-12-13-14-15-16-17-18-19-20-24-31-26(29)22-21-23-27(30)32-25(2)28(3,4)5/h25H,6-24H2,1-5H3. The van der Waals surface area contributed by atoms with Gasteiger partial charge in [-0.2, -0.15) is 0 Å². The van der Waals surface area contributed by atoms with E-state index in [9.17, 15) is 9.59 Å². The molecule has 32 heavy (non-hydrogen) atoms. The summed E-state index contributed by atoms with van der Waals surface area (Å²) in [4.78, 5) is 23.6. The molecule has 190 valence electrons. The Kier molecular flexibility index (Phi) is 19.9. The van der Waals surface area contributed by atoms with E-state index >= 15 is 0 Å². The Morgan fingerprint density at radius 3 is 1.47 bits per heavy atom. The molecule has 0 aromatic carbocycles. The molecule has 0 spiro atoms. The summed E-state index contributed by atoms with van der Waals surface area (Å²) in [5.74, 6) is -0.435. The summed E-state index contributed by atoms with van der Waals surface area (Å²) < 4.78 is 10.7. The van der Waals surface area contributed by atoms with E-state index in [1.807, 2.05) is 27.7 Å². The maximum Gasteiger partial charge on any atom is 0.306 e. The van der Waals surface area contributed by atoms with Crippen LogP contribution in [0.25, 0.3) is 0 Å². The molecule has 0 N–H and O–H groups in total. The summed E-state index contributed by atoms with van der Waals surface area (Å²) in [7, 11) is 0. The summed E-state index contributed by atoms with van der Waals surface area (Å²) in [6.45, 7) is 10.8. The van der Waals surface area contributed by atoms with E-state index in [-0.39, 0.29) is 36.3 Å². The lowest BCUT2D eigenvalue weighted by atomic mass is 9.90. The van der Waals surface area contributed by atoms with Gasteiger partial charge in [0.15, 0.2) is 0 Å². The topological polar surface area (TPSA) is 52.6 Å². The van der Waals surface area contributed by atoms with Gasteiger partial charge in [0.1, 0.15) is 6.10 Å². The third-order valence-corrected chi connectivity index (χ3v) is 6.30. The van der Waals surface area contributed by atoms with E-state index in [1.54, 1.807) is 0 Å². The summed E-state index contributed by atoms with van der Waals surface area (Å²) in [6, 6.07) is 0. The molecule has 0 aliphatic heterocycles. The predicted molar refractivity (Wildman–Crippen MR) is 135 cm³/mol. The zero-order valence-electron chi connectivity index (χ0n) is 22.1. The average molecular weight is 455 g/mol. The normalized spacial score (nSPS) is 12.5. The number of carbonyl (C=O) groups excluding carboxylic acids is 2. The first-order chi connectivity index (χ1) is 15.3. The van der Waals surface area contributed by atoms with Crippen molar-refractivity contribution < 1.29 is 19.1 Å². The molecule has 0 aliphatic carbocycles. The molecule has 0 amide bonds. The Morgan fingerprint density at radius 2 is 1.03 bits per heavy atom. The van der Waals surface area contributed by atoms with Gasteiger partial charge in [0.2, 0.25) is 0 Å². The average Bonchev–Trinajstić information content (AvgIpc) is 2.72. The maximum absolute atomic E-state index is 11.8. The fraction of sp³-hybridized carbons (Fsp3) is 0.929. The van der Waals surface area contributed by atoms with E-state index in [2.05, 4.69) is 6.92 Å². The molecule has 0 aromatic heterocycles. The van der Waals surface area contributed by atoms with Crippen molar-refractivity contribution in [3.63, 3.8) is 0 Å². The quantitative estimate of drug-likeness (QED) is 0.129. The van der Waals surface area contributed by atoms with E-state index < -0.39 is 0 Å². The van der Waals surface area contributed by atoms with Crippen LogP contribution in [0.15, 0.2) is 0 Å². The third kappa shape index (κ3) is 20.8. The van der Waals surface area contributed by atoms with Crippen LogP contribution in [0.2, 0.25) is 0 Å². The van der Waals surface area contributed by atoms with E-state index in [4.69, 9.17) is 9.47 Å². The Balaban J connectivity index is 3.35. The first kappa shape index (κ1) is 30.9. The molecule has 0 saturated heterocycles. The van der Waals surface area contributed by atoms with E-state index in [0.29, 0.717) is 13.0 Å². The van der Waals surface area contributed by atoms with Crippen molar-refractivity contribution in [3.8, 4) is 0 Å². The van der Waals surface area contributed by atoms with Crippen LogP contribution < -0.4 is 0 Å². The van der Waals surface area contributed by atoms with Crippen LogP contribution in [0, 0.1) is 5.41 Å². The zero-order chi connectivity index (χ0) is 24.1. The number of rotatable bonds is 21. The molecule has 0 rings (SSSR count). The molecule has 1 unspecified atom stereocenters. The Hall–Kier alpha value is -1.06. The van der Waals surface area contributed by atoms with Gasteiger partial charge < -0.3 is 9.47 Å². The molecule has 0 fully saturated rings. The molecule has 4 heteroatoms. The Bertz CT molecular complexity index is 453. The van der Waals surface area contributed by atoms with Crippen LogP contribution in [0.1, 0.15) is 150 Å². The van der Waals surface area contributed by atoms with Crippen molar-refractivity contribution in [2.75, 3.05) is 6.61 Å². The lowest BCUT2D eigenvalue weighted by Gasteiger charge is -2.26. The van der Waals surface area contributed by atoms with Gasteiger partial charge in [0.05, 0.1) is 6.61 Å². The molecule has 0 aliphatic rings. The van der Waals surface area contributed by atoms with Crippen molar-refractivity contribution in [2.45, 2.75) is 156 Å². The number of ether oxygens (including phenoxy) is 2. The smallest absolute Gasteiger partial charge is 0.306 e. The number of unbranched alkanes of at least 4 members (excludes halogenated alkanes) is 14. The van der Waals surface area contributed by atoms with E-state index in [0.717, 1.165) is 12.8 Å². The number of hydrogen-bond acceptors (Lipinski definition) is 4. The van der Waals surface area contributed by atoms with Crippen molar-refractivity contribution in [1.82, 2.24) is 0 Å². The van der Waals surface area contributed by atoms with Crippen LogP contribution >= 0.6 is 0 Å². The van der Waals surface area contributed by atoms with Crippen LogP contribution in [0.3, 0.4) is 0 Å². The van der Waals surface area contributed by atoms with Crippen molar-refractivity contribution in [2.24, 2.45) is 5.41 Å². The Labute approximate surface area is 199 Å². The van der Waals surface area contributed by atoms with Crippen molar-refractivity contribution in [3.05, 3.63) is 0 Å². The molecular weight excluding hydrogens is 400 g/mol. The summed E-state index contributed by atoms with van der Waals surface area (Å²) >= 11 is 0. The lowest BCUT2D eigenvalue weighted by Crippen LogP contribution is -2.28. The largest absolute Gasteiger partial charge is 0.466 e. The summed E-state index contributed by atoms with van der Waals surface area (Å²) in [5, 5.41) is 0. The summed E-state index contributed by atoms with van der Waals surface area (Å²) in [5.41, 5.74) is -0.0676.